The van der Waals surface area contributed by atoms with Crippen LogP contribution in [0, 0.1) is 5.82 Å². The normalized spacial score (nSPS) is 11.9. The van der Waals surface area contributed by atoms with Crippen LogP contribution in [0.4, 0.5) is 10.1 Å². The lowest BCUT2D eigenvalue weighted by Crippen LogP contribution is -3.11. The summed E-state index contributed by atoms with van der Waals surface area (Å²) < 4.78 is 13.5. The molecule has 1 aromatic rings. The van der Waals surface area contributed by atoms with Crippen LogP contribution < -0.4 is 10.2 Å². The number of likely N-dealkylation sites (N-methyl/N-ethyl adjacent to an activating group) is 2. The van der Waals surface area contributed by atoms with Gasteiger partial charge in [0.15, 0.2) is 13.1 Å². The summed E-state index contributed by atoms with van der Waals surface area (Å²) >= 11 is 5.77. The van der Waals surface area contributed by atoms with E-state index in [0.29, 0.717) is 18.1 Å². The van der Waals surface area contributed by atoms with Gasteiger partial charge in [-0.15, -0.1) is 0 Å². The van der Waals surface area contributed by atoms with Crippen LogP contribution in [0.5, 0.6) is 0 Å². The molecule has 1 atom stereocenters. The second-order valence-corrected chi connectivity index (χ2v) is 5.49. The Labute approximate surface area is 135 Å². The molecule has 1 aromatic carbocycles. The Hall–Kier alpha value is -1.66. The summed E-state index contributed by atoms with van der Waals surface area (Å²) in [5, 5.41) is 2.81. The fraction of sp³-hybridized carbons (Fsp3) is 0.467. The molecule has 0 saturated carbocycles. The summed E-state index contributed by atoms with van der Waals surface area (Å²) in [6, 6.07) is 3.95. The van der Waals surface area contributed by atoms with Crippen molar-refractivity contribution < 1.29 is 18.9 Å². The third kappa shape index (κ3) is 5.61. The van der Waals surface area contributed by atoms with Crippen molar-refractivity contribution in [1.29, 1.82) is 0 Å². The number of hydrogen-bond donors (Lipinski definition) is 2. The van der Waals surface area contributed by atoms with E-state index in [1.807, 2.05) is 13.8 Å². The monoisotopic (exact) mass is 330 g/mol. The second kappa shape index (κ2) is 8.70. The molecular weight excluding hydrogens is 309 g/mol. The number of halogens is 2. The first-order chi connectivity index (χ1) is 10.4. The van der Waals surface area contributed by atoms with E-state index in [-0.39, 0.29) is 30.6 Å². The van der Waals surface area contributed by atoms with Crippen LogP contribution in [-0.2, 0) is 9.59 Å². The van der Waals surface area contributed by atoms with Gasteiger partial charge in [0.1, 0.15) is 5.82 Å². The topological polar surface area (TPSA) is 53.9 Å². The molecule has 0 aromatic heterocycles. The van der Waals surface area contributed by atoms with E-state index < -0.39 is 5.82 Å². The molecule has 0 aliphatic carbocycles. The maximum absolute atomic E-state index is 13.5. The number of nitrogens with zero attached hydrogens (tertiary/aromatic N) is 1. The predicted molar refractivity (Wildman–Crippen MR) is 84.6 cm³/mol. The number of quaternary nitrogens is 1. The van der Waals surface area contributed by atoms with Crippen molar-refractivity contribution >= 4 is 29.1 Å². The number of anilines is 1. The Kier molecular flexibility index (Phi) is 7.27. The van der Waals surface area contributed by atoms with Gasteiger partial charge in [-0.2, -0.15) is 0 Å². The highest BCUT2D eigenvalue weighted by Gasteiger charge is 2.18. The van der Waals surface area contributed by atoms with Gasteiger partial charge in [-0.05, 0) is 32.0 Å². The van der Waals surface area contributed by atoms with Crippen LogP contribution in [0.2, 0.25) is 5.02 Å². The average Bonchev–Trinajstić information content (AvgIpc) is 2.43. The molecule has 1 unspecified atom stereocenters. The van der Waals surface area contributed by atoms with Gasteiger partial charge in [-0.25, -0.2) is 4.39 Å². The summed E-state index contributed by atoms with van der Waals surface area (Å²) in [5.41, 5.74) is 0.0420. The van der Waals surface area contributed by atoms with E-state index in [4.69, 9.17) is 11.6 Å². The van der Waals surface area contributed by atoms with Crippen LogP contribution in [0.1, 0.15) is 13.8 Å². The maximum Gasteiger partial charge on any atom is 0.279 e. The summed E-state index contributed by atoms with van der Waals surface area (Å²) in [4.78, 5) is 26.3. The van der Waals surface area contributed by atoms with E-state index in [9.17, 15) is 14.0 Å². The Balaban J connectivity index is 2.54. The molecule has 0 saturated heterocycles. The zero-order chi connectivity index (χ0) is 16.7. The minimum absolute atomic E-state index is 0.00997. The lowest BCUT2D eigenvalue weighted by Gasteiger charge is -2.20. The van der Waals surface area contributed by atoms with Gasteiger partial charge in [0.25, 0.3) is 11.8 Å². The SMILES string of the molecule is CCN(CC)C(=O)C[NH+](C)CC(=O)Nc1cc(Cl)ccc1F. The molecule has 2 amide bonds. The summed E-state index contributed by atoms with van der Waals surface area (Å²) in [6.07, 6.45) is 0. The van der Waals surface area contributed by atoms with Crippen molar-refractivity contribution in [2.45, 2.75) is 13.8 Å². The minimum atomic E-state index is -0.547. The number of benzene rings is 1. The number of carbonyl (C=O) groups excluding carboxylic acids is 2. The Morgan fingerprint density at radius 2 is 1.91 bits per heavy atom. The van der Waals surface area contributed by atoms with Gasteiger partial charge in [-0.3, -0.25) is 9.59 Å². The van der Waals surface area contributed by atoms with Crippen molar-refractivity contribution in [3.63, 3.8) is 0 Å². The lowest BCUT2D eigenvalue weighted by molar-refractivity contribution is -0.862. The van der Waals surface area contributed by atoms with E-state index in [1.54, 1.807) is 11.9 Å². The summed E-state index contributed by atoms with van der Waals surface area (Å²) in [6.45, 7) is 5.38. The molecule has 0 radical (unpaired) electrons. The first kappa shape index (κ1) is 18.4. The zero-order valence-electron chi connectivity index (χ0n) is 13.1. The van der Waals surface area contributed by atoms with Gasteiger partial charge in [0, 0.05) is 18.1 Å². The Morgan fingerprint density at radius 3 is 2.50 bits per heavy atom. The van der Waals surface area contributed by atoms with Crippen molar-refractivity contribution in [2.75, 3.05) is 38.5 Å². The number of nitrogens with one attached hydrogen (secondary N) is 2. The largest absolute Gasteiger partial charge is 0.338 e. The average molecular weight is 331 g/mol. The molecule has 1 rings (SSSR count). The molecule has 22 heavy (non-hydrogen) atoms. The van der Waals surface area contributed by atoms with Crippen molar-refractivity contribution in [3.05, 3.63) is 29.0 Å². The molecular formula is C15H22ClFN3O2+. The van der Waals surface area contributed by atoms with E-state index in [1.165, 1.54) is 18.2 Å². The van der Waals surface area contributed by atoms with E-state index in [0.717, 1.165) is 4.90 Å². The molecule has 0 spiro atoms. The summed E-state index contributed by atoms with van der Waals surface area (Å²) in [5.74, 6) is -0.926. The number of carbonyl (C=O) groups is 2. The Bertz CT molecular complexity index is 536. The number of amides is 2. The highest BCUT2D eigenvalue weighted by molar-refractivity contribution is 6.30. The van der Waals surface area contributed by atoms with Crippen molar-refractivity contribution in [3.8, 4) is 0 Å². The van der Waals surface area contributed by atoms with Crippen molar-refractivity contribution in [2.24, 2.45) is 0 Å². The second-order valence-electron chi connectivity index (χ2n) is 5.05. The quantitative estimate of drug-likeness (QED) is 0.777. The molecule has 0 heterocycles. The van der Waals surface area contributed by atoms with Gasteiger partial charge in [0.2, 0.25) is 0 Å². The fourth-order valence-electron chi connectivity index (χ4n) is 2.07. The molecule has 0 fully saturated rings. The highest BCUT2D eigenvalue weighted by atomic mass is 35.5. The zero-order valence-corrected chi connectivity index (χ0v) is 13.8. The Morgan fingerprint density at radius 1 is 1.27 bits per heavy atom. The molecule has 0 bridgehead atoms. The van der Waals surface area contributed by atoms with Crippen LogP contribution in [0.25, 0.3) is 0 Å². The molecule has 122 valence electrons. The van der Waals surface area contributed by atoms with Gasteiger partial charge in [-0.1, -0.05) is 11.6 Å². The predicted octanol–water partition coefficient (Wildman–Crippen LogP) is 0.801. The van der Waals surface area contributed by atoms with E-state index >= 15 is 0 Å². The molecule has 0 aliphatic rings. The maximum atomic E-state index is 13.5. The van der Waals surface area contributed by atoms with Crippen LogP contribution in [0.15, 0.2) is 18.2 Å². The van der Waals surface area contributed by atoms with Crippen LogP contribution >= 0.6 is 11.6 Å². The minimum Gasteiger partial charge on any atom is -0.338 e. The van der Waals surface area contributed by atoms with E-state index in [2.05, 4.69) is 5.32 Å². The molecule has 7 heteroatoms. The van der Waals surface area contributed by atoms with Gasteiger partial charge >= 0.3 is 0 Å². The third-order valence-electron chi connectivity index (χ3n) is 3.23. The van der Waals surface area contributed by atoms with Crippen molar-refractivity contribution in [1.82, 2.24) is 4.90 Å². The molecule has 2 N–H and O–H groups in total. The third-order valence-corrected chi connectivity index (χ3v) is 3.47. The van der Waals surface area contributed by atoms with Crippen LogP contribution in [-0.4, -0.2) is 49.9 Å². The highest BCUT2D eigenvalue weighted by Crippen LogP contribution is 2.19. The first-order valence-corrected chi connectivity index (χ1v) is 7.59. The molecule has 0 aliphatic heterocycles. The molecule has 5 nitrogen and oxygen atoms in total. The standard InChI is InChI=1S/C15H21ClFN3O2/c1-4-20(5-2)15(22)10-19(3)9-14(21)18-13-8-11(16)6-7-12(13)17/h6-8H,4-5,9-10H2,1-3H3,(H,18,21)/p+1. The smallest absolute Gasteiger partial charge is 0.279 e. The van der Waals surface area contributed by atoms with Gasteiger partial charge < -0.3 is 15.1 Å². The van der Waals surface area contributed by atoms with Crippen LogP contribution in [0.3, 0.4) is 0 Å². The number of rotatable bonds is 7. The summed E-state index contributed by atoms with van der Waals surface area (Å²) in [7, 11) is 1.75. The first-order valence-electron chi connectivity index (χ1n) is 7.21. The fourth-order valence-corrected chi connectivity index (χ4v) is 2.24. The van der Waals surface area contributed by atoms with Gasteiger partial charge in [0.05, 0.1) is 12.7 Å². The number of hydrogen-bond acceptors (Lipinski definition) is 2. The lowest BCUT2D eigenvalue weighted by atomic mass is 10.3.